The van der Waals surface area contributed by atoms with Gasteiger partial charge < -0.3 is 5.11 Å². The molecule has 1 aliphatic rings. The van der Waals surface area contributed by atoms with Crippen molar-refractivity contribution < 1.29 is 9.90 Å². The standard InChI is InChI=1S/C18H16INO2/c1-2-12-9-18(19,10-12)16-11-20-8-7-15(16)13-3-5-14(6-4-13)17(21)22/h2-8,11-12H,1,9-10H2,(H,21,22). The maximum absolute atomic E-state index is 11.0. The quantitative estimate of drug-likeness (QED) is 0.457. The third-order valence-corrected chi connectivity index (χ3v) is 5.71. The van der Waals surface area contributed by atoms with E-state index >= 15 is 0 Å². The van der Waals surface area contributed by atoms with E-state index in [4.69, 9.17) is 5.11 Å². The highest BCUT2D eigenvalue weighted by Gasteiger charge is 2.43. The van der Waals surface area contributed by atoms with E-state index in [-0.39, 0.29) is 3.42 Å². The zero-order chi connectivity index (χ0) is 15.7. The van der Waals surface area contributed by atoms with Gasteiger partial charge in [-0.2, -0.15) is 0 Å². The minimum absolute atomic E-state index is 0.0890. The van der Waals surface area contributed by atoms with Gasteiger partial charge in [-0.25, -0.2) is 4.79 Å². The number of nitrogens with zero attached hydrogens (tertiary/aromatic N) is 1. The van der Waals surface area contributed by atoms with Gasteiger partial charge in [0.2, 0.25) is 0 Å². The average Bonchev–Trinajstić information content (AvgIpc) is 2.52. The number of carboxylic acids is 1. The zero-order valence-electron chi connectivity index (χ0n) is 12.0. The van der Waals surface area contributed by atoms with Crippen molar-refractivity contribution in [2.75, 3.05) is 0 Å². The Morgan fingerprint density at radius 2 is 2.00 bits per heavy atom. The Bertz CT molecular complexity index is 718. The van der Waals surface area contributed by atoms with Gasteiger partial charge in [-0.1, -0.05) is 40.8 Å². The van der Waals surface area contributed by atoms with Crippen molar-refractivity contribution in [3.05, 3.63) is 66.5 Å². The fraction of sp³-hybridized carbons (Fsp3) is 0.222. The number of alkyl halides is 1. The Balaban J connectivity index is 1.98. The van der Waals surface area contributed by atoms with E-state index in [1.54, 1.807) is 18.3 Å². The zero-order valence-corrected chi connectivity index (χ0v) is 14.2. The average molecular weight is 405 g/mol. The van der Waals surface area contributed by atoms with Crippen LogP contribution in [0.15, 0.2) is 55.4 Å². The van der Waals surface area contributed by atoms with E-state index in [1.807, 2.05) is 30.5 Å². The Labute approximate surface area is 143 Å². The Hall–Kier alpha value is -1.69. The second-order valence-corrected chi connectivity index (χ2v) is 7.74. The molecule has 4 heteroatoms. The summed E-state index contributed by atoms with van der Waals surface area (Å²) in [6.07, 6.45) is 7.89. The van der Waals surface area contributed by atoms with Gasteiger partial charge in [-0.3, -0.25) is 4.98 Å². The van der Waals surface area contributed by atoms with Crippen LogP contribution in [0.4, 0.5) is 0 Å². The summed E-state index contributed by atoms with van der Waals surface area (Å²) in [6.45, 7) is 3.87. The van der Waals surface area contributed by atoms with Crippen molar-refractivity contribution in [2.45, 2.75) is 16.3 Å². The van der Waals surface area contributed by atoms with E-state index in [0.29, 0.717) is 11.5 Å². The van der Waals surface area contributed by atoms with Crippen LogP contribution in [0, 0.1) is 5.92 Å². The molecule has 1 aromatic heterocycles. The maximum atomic E-state index is 11.0. The lowest BCUT2D eigenvalue weighted by Crippen LogP contribution is -2.35. The molecule has 3 rings (SSSR count). The van der Waals surface area contributed by atoms with E-state index in [2.05, 4.69) is 34.2 Å². The van der Waals surface area contributed by atoms with E-state index in [9.17, 15) is 4.79 Å². The van der Waals surface area contributed by atoms with Gasteiger partial charge in [0.1, 0.15) is 0 Å². The van der Waals surface area contributed by atoms with Crippen molar-refractivity contribution in [1.29, 1.82) is 0 Å². The van der Waals surface area contributed by atoms with Gasteiger partial charge in [-0.15, -0.1) is 6.58 Å². The third-order valence-electron chi connectivity index (χ3n) is 4.25. The number of hydrogen-bond acceptors (Lipinski definition) is 2. The molecule has 1 N–H and O–H groups in total. The molecular weight excluding hydrogens is 389 g/mol. The van der Waals surface area contributed by atoms with Crippen LogP contribution >= 0.6 is 22.6 Å². The molecule has 1 fully saturated rings. The van der Waals surface area contributed by atoms with Crippen LogP contribution in [0.2, 0.25) is 0 Å². The lowest BCUT2D eigenvalue weighted by molar-refractivity contribution is 0.0697. The normalized spacial score (nSPS) is 23.6. The SMILES string of the molecule is C=CC1CC(I)(c2cnccc2-c2ccc(C(=O)O)cc2)C1. The van der Waals surface area contributed by atoms with Gasteiger partial charge in [-0.05, 0) is 53.6 Å². The first-order chi connectivity index (χ1) is 10.5. The summed E-state index contributed by atoms with van der Waals surface area (Å²) in [5, 5.41) is 9.01. The number of halogens is 1. The highest BCUT2D eigenvalue weighted by atomic mass is 127. The van der Waals surface area contributed by atoms with Crippen LogP contribution in [0.3, 0.4) is 0 Å². The molecule has 1 aromatic carbocycles. The summed E-state index contributed by atoms with van der Waals surface area (Å²) < 4.78 is 0.0890. The number of aromatic nitrogens is 1. The fourth-order valence-corrected chi connectivity index (χ4v) is 4.51. The number of rotatable bonds is 4. The van der Waals surface area contributed by atoms with E-state index in [1.165, 1.54) is 5.56 Å². The van der Waals surface area contributed by atoms with Gasteiger partial charge in [0.05, 0.1) is 8.99 Å². The number of benzene rings is 1. The first-order valence-corrected chi connectivity index (χ1v) is 8.21. The summed E-state index contributed by atoms with van der Waals surface area (Å²) >= 11 is 2.52. The topological polar surface area (TPSA) is 50.2 Å². The van der Waals surface area contributed by atoms with Crippen LogP contribution in [0.25, 0.3) is 11.1 Å². The highest BCUT2D eigenvalue weighted by molar-refractivity contribution is 14.1. The van der Waals surface area contributed by atoms with Gasteiger partial charge in [0.25, 0.3) is 0 Å². The smallest absolute Gasteiger partial charge is 0.335 e. The molecule has 0 radical (unpaired) electrons. The minimum Gasteiger partial charge on any atom is -0.478 e. The van der Waals surface area contributed by atoms with Crippen LogP contribution < -0.4 is 0 Å². The molecule has 0 aliphatic heterocycles. The number of aromatic carboxylic acids is 1. The van der Waals surface area contributed by atoms with E-state index in [0.717, 1.165) is 24.0 Å². The van der Waals surface area contributed by atoms with Gasteiger partial charge in [0.15, 0.2) is 0 Å². The Kier molecular flexibility index (Phi) is 4.04. The molecule has 0 spiro atoms. The summed E-state index contributed by atoms with van der Waals surface area (Å²) in [7, 11) is 0. The molecule has 112 valence electrons. The molecule has 0 saturated heterocycles. The molecule has 22 heavy (non-hydrogen) atoms. The summed E-state index contributed by atoms with van der Waals surface area (Å²) in [5.41, 5.74) is 3.68. The lowest BCUT2D eigenvalue weighted by Gasteiger charge is -2.43. The summed E-state index contributed by atoms with van der Waals surface area (Å²) in [5.74, 6) is -0.334. The predicted molar refractivity (Wildman–Crippen MR) is 95.3 cm³/mol. The number of carboxylic acid groups (broad SMARTS) is 1. The molecule has 0 bridgehead atoms. The molecule has 1 aliphatic carbocycles. The molecule has 1 heterocycles. The second-order valence-electron chi connectivity index (χ2n) is 5.67. The number of hydrogen-bond donors (Lipinski definition) is 1. The van der Waals surface area contributed by atoms with Crippen molar-refractivity contribution in [3.63, 3.8) is 0 Å². The molecule has 1 saturated carbocycles. The molecule has 0 atom stereocenters. The molecule has 2 aromatic rings. The van der Waals surface area contributed by atoms with Gasteiger partial charge >= 0.3 is 5.97 Å². The van der Waals surface area contributed by atoms with Crippen molar-refractivity contribution in [3.8, 4) is 11.1 Å². The largest absolute Gasteiger partial charge is 0.478 e. The second kappa shape index (κ2) is 5.83. The fourth-order valence-electron chi connectivity index (χ4n) is 2.95. The van der Waals surface area contributed by atoms with Gasteiger partial charge in [0, 0.05) is 12.4 Å². The van der Waals surface area contributed by atoms with Crippen LogP contribution in [-0.4, -0.2) is 16.1 Å². The molecule has 3 nitrogen and oxygen atoms in total. The number of pyridine rings is 1. The van der Waals surface area contributed by atoms with E-state index < -0.39 is 5.97 Å². The van der Waals surface area contributed by atoms with Crippen molar-refractivity contribution in [2.24, 2.45) is 5.92 Å². The van der Waals surface area contributed by atoms with Crippen LogP contribution in [0.5, 0.6) is 0 Å². The lowest BCUT2D eigenvalue weighted by atomic mass is 9.70. The number of allylic oxidation sites excluding steroid dienone is 1. The molecule has 0 unspecified atom stereocenters. The maximum Gasteiger partial charge on any atom is 0.335 e. The molecular formula is C18H16INO2. The first-order valence-electron chi connectivity index (χ1n) is 7.13. The summed E-state index contributed by atoms with van der Waals surface area (Å²) in [6, 6.07) is 9.04. The summed E-state index contributed by atoms with van der Waals surface area (Å²) in [4.78, 5) is 15.3. The Morgan fingerprint density at radius 3 is 2.59 bits per heavy atom. The van der Waals surface area contributed by atoms with Crippen molar-refractivity contribution >= 4 is 28.6 Å². The predicted octanol–water partition coefficient (Wildman–Crippen LogP) is 4.67. The monoisotopic (exact) mass is 405 g/mol. The highest BCUT2D eigenvalue weighted by Crippen LogP contribution is 2.55. The van der Waals surface area contributed by atoms with Crippen molar-refractivity contribution in [1.82, 2.24) is 4.98 Å². The minimum atomic E-state index is -0.903. The van der Waals surface area contributed by atoms with Crippen LogP contribution in [0.1, 0.15) is 28.8 Å². The first kappa shape index (κ1) is 15.2. The third kappa shape index (κ3) is 2.67. The molecule has 0 amide bonds. The van der Waals surface area contributed by atoms with Crippen LogP contribution in [-0.2, 0) is 3.42 Å². The Morgan fingerprint density at radius 1 is 1.32 bits per heavy atom. The number of carbonyl (C=O) groups is 1.